The van der Waals surface area contributed by atoms with Crippen LogP contribution in [0.2, 0.25) is 0 Å². The minimum absolute atomic E-state index is 0.0823. The van der Waals surface area contributed by atoms with Crippen molar-refractivity contribution in [3.8, 4) is 0 Å². The molecule has 1 aromatic rings. The van der Waals surface area contributed by atoms with Crippen LogP contribution < -0.4 is 5.32 Å². The molecule has 22 heavy (non-hydrogen) atoms. The van der Waals surface area contributed by atoms with Gasteiger partial charge in [0.2, 0.25) is 0 Å². The second-order valence-electron chi connectivity index (χ2n) is 7.15. The van der Waals surface area contributed by atoms with E-state index in [2.05, 4.69) is 38.2 Å². The first-order chi connectivity index (χ1) is 10.4. The molecule has 0 unspecified atom stereocenters. The molecule has 1 fully saturated rings. The molecule has 0 aromatic heterocycles. The van der Waals surface area contributed by atoms with Crippen molar-refractivity contribution in [1.82, 2.24) is 10.2 Å². The first-order valence-electron chi connectivity index (χ1n) is 8.02. The molecule has 0 saturated heterocycles. The van der Waals surface area contributed by atoms with E-state index in [1.807, 2.05) is 30.3 Å². The Balaban J connectivity index is 1.84. The van der Waals surface area contributed by atoms with Crippen LogP contribution in [0, 0.1) is 5.41 Å². The molecule has 4 heteroatoms. The summed E-state index contributed by atoms with van der Waals surface area (Å²) in [5.41, 5.74) is 1.09. The maximum absolute atomic E-state index is 12.0. The third kappa shape index (κ3) is 4.47. The Morgan fingerprint density at radius 2 is 1.95 bits per heavy atom. The highest BCUT2D eigenvalue weighted by atomic mass is 16.5. The van der Waals surface area contributed by atoms with E-state index in [-0.39, 0.29) is 17.6 Å². The molecule has 1 N–H and O–H groups in total. The molecule has 1 aliphatic rings. The third-order valence-corrected chi connectivity index (χ3v) is 4.73. The number of amides is 1. The Bertz CT molecular complexity index is 485. The molecule has 4 nitrogen and oxygen atoms in total. The fourth-order valence-corrected chi connectivity index (χ4v) is 3.22. The summed E-state index contributed by atoms with van der Waals surface area (Å²) in [4.78, 5) is 14.3. The van der Waals surface area contributed by atoms with Gasteiger partial charge in [0, 0.05) is 12.1 Å². The van der Waals surface area contributed by atoms with E-state index in [4.69, 9.17) is 4.74 Å². The second-order valence-corrected chi connectivity index (χ2v) is 7.15. The van der Waals surface area contributed by atoms with Crippen molar-refractivity contribution in [3.63, 3.8) is 0 Å². The van der Waals surface area contributed by atoms with Gasteiger partial charge in [0.05, 0.1) is 0 Å². The number of nitrogens with one attached hydrogen (secondary N) is 1. The van der Waals surface area contributed by atoms with Crippen LogP contribution >= 0.6 is 0 Å². The lowest BCUT2D eigenvalue weighted by Crippen LogP contribution is -2.51. The van der Waals surface area contributed by atoms with Gasteiger partial charge >= 0.3 is 6.09 Å². The Hall–Kier alpha value is -1.55. The summed E-state index contributed by atoms with van der Waals surface area (Å²) in [5.74, 6) is 0. The number of hydrogen-bond acceptors (Lipinski definition) is 3. The largest absolute Gasteiger partial charge is 0.445 e. The first-order valence-corrected chi connectivity index (χ1v) is 8.02. The van der Waals surface area contributed by atoms with Crippen LogP contribution in [0.1, 0.15) is 38.7 Å². The minimum atomic E-state index is -0.315. The molecule has 1 amide bonds. The minimum Gasteiger partial charge on any atom is -0.445 e. The van der Waals surface area contributed by atoms with E-state index in [1.54, 1.807) is 0 Å². The summed E-state index contributed by atoms with van der Waals surface area (Å²) in [5, 5.41) is 3.06. The quantitative estimate of drug-likeness (QED) is 0.926. The van der Waals surface area contributed by atoms with Crippen molar-refractivity contribution in [2.75, 3.05) is 14.1 Å². The maximum Gasteiger partial charge on any atom is 0.407 e. The maximum atomic E-state index is 12.0. The van der Waals surface area contributed by atoms with Crippen LogP contribution in [0.3, 0.4) is 0 Å². The molecule has 1 aromatic carbocycles. The monoisotopic (exact) mass is 304 g/mol. The molecule has 2 atom stereocenters. The Labute approximate surface area is 133 Å². The van der Waals surface area contributed by atoms with Gasteiger partial charge in [0.1, 0.15) is 6.61 Å². The number of carbonyl (C=O) groups is 1. The SMILES string of the molecule is CN(C)[C@@H]1CC[C@@H](NC(=O)OCc2ccccc2)C(C)(C)C1. The van der Waals surface area contributed by atoms with Gasteiger partial charge in [-0.15, -0.1) is 0 Å². The van der Waals surface area contributed by atoms with Gasteiger partial charge in [0.15, 0.2) is 0 Å². The number of carbonyl (C=O) groups excluding carboxylic acids is 1. The topological polar surface area (TPSA) is 41.6 Å². The van der Waals surface area contributed by atoms with Crippen LogP contribution in [-0.2, 0) is 11.3 Å². The van der Waals surface area contributed by atoms with Crippen molar-refractivity contribution < 1.29 is 9.53 Å². The van der Waals surface area contributed by atoms with E-state index in [0.29, 0.717) is 12.6 Å². The number of hydrogen-bond donors (Lipinski definition) is 1. The highest BCUT2D eigenvalue weighted by Gasteiger charge is 2.38. The molecule has 0 spiro atoms. The zero-order valence-corrected chi connectivity index (χ0v) is 14.1. The normalized spacial score (nSPS) is 24.0. The fraction of sp³-hybridized carbons (Fsp3) is 0.611. The van der Waals surface area contributed by atoms with Crippen LogP contribution in [0.25, 0.3) is 0 Å². The fourth-order valence-electron chi connectivity index (χ4n) is 3.22. The summed E-state index contributed by atoms with van der Waals surface area (Å²) in [6.07, 6.45) is 2.88. The van der Waals surface area contributed by atoms with Crippen LogP contribution in [0.4, 0.5) is 4.79 Å². The van der Waals surface area contributed by atoms with Gasteiger partial charge in [-0.1, -0.05) is 44.2 Å². The predicted molar refractivity (Wildman–Crippen MR) is 88.7 cm³/mol. The van der Waals surface area contributed by atoms with Crippen molar-refractivity contribution in [2.45, 2.75) is 51.8 Å². The van der Waals surface area contributed by atoms with Crippen molar-refractivity contribution in [2.24, 2.45) is 5.41 Å². The first kappa shape index (κ1) is 16.8. The van der Waals surface area contributed by atoms with E-state index in [9.17, 15) is 4.79 Å². The zero-order chi connectivity index (χ0) is 16.2. The number of benzene rings is 1. The molecule has 122 valence electrons. The van der Waals surface area contributed by atoms with Gasteiger partial charge in [-0.05, 0) is 44.3 Å². The van der Waals surface area contributed by atoms with Gasteiger partial charge < -0.3 is 15.0 Å². The van der Waals surface area contributed by atoms with E-state index >= 15 is 0 Å². The molecule has 1 aliphatic carbocycles. The molecular formula is C18H28N2O2. The summed E-state index contributed by atoms with van der Waals surface area (Å²) in [7, 11) is 4.26. The Kier molecular flexibility index (Phi) is 5.46. The highest BCUT2D eigenvalue weighted by molar-refractivity contribution is 5.67. The summed E-state index contributed by atoms with van der Waals surface area (Å²) < 4.78 is 5.34. The molecule has 0 aliphatic heterocycles. The molecule has 0 heterocycles. The van der Waals surface area contributed by atoms with E-state index < -0.39 is 0 Å². The number of rotatable bonds is 4. The molecule has 1 saturated carbocycles. The van der Waals surface area contributed by atoms with Gasteiger partial charge in [-0.2, -0.15) is 0 Å². The molecule has 2 rings (SSSR count). The smallest absolute Gasteiger partial charge is 0.407 e. The van der Waals surface area contributed by atoms with Gasteiger partial charge in [-0.3, -0.25) is 0 Å². The predicted octanol–water partition coefficient (Wildman–Crippen LogP) is 3.42. The van der Waals surface area contributed by atoms with Crippen LogP contribution in [0.15, 0.2) is 30.3 Å². The molecule has 0 bridgehead atoms. The van der Waals surface area contributed by atoms with Crippen LogP contribution in [0.5, 0.6) is 0 Å². The van der Waals surface area contributed by atoms with Gasteiger partial charge in [-0.25, -0.2) is 4.79 Å². The number of nitrogens with zero attached hydrogens (tertiary/aromatic N) is 1. The third-order valence-electron chi connectivity index (χ3n) is 4.73. The average molecular weight is 304 g/mol. The van der Waals surface area contributed by atoms with Crippen LogP contribution in [-0.4, -0.2) is 37.2 Å². The number of alkyl carbamates (subject to hydrolysis) is 1. The number of ether oxygens (including phenoxy) is 1. The summed E-state index contributed by atoms with van der Waals surface area (Å²) in [6, 6.07) is 10.5. The van der Waals surface area contributed by atoms with Crippen molar-refractivity contribution >= 4 is 6.09 Å². The molecular weight excluding hydrogens is 276 g/mol. The average Bonchev–Trinajstić information content (AvgIpc) is 2.48. The lowest BCUT2D eigenvalue weighted by Gasteiger charge is -2.44. The Morgan fingerprint density at radius 1 is 1.27 bits per heavy atom. The van der Waals surface area contributed by atoms with Gasteiger partial charge in [0.25, 0.3) is 0 Å². The van der Waals surface area contributed by atoms with E-state index in [0.717, 1.165) is 24.8 Å². The van der Waals surface area contributed by atoms with Crippen molar-refractivity contribution in [3.05, 3.63) is 35.9 Å². The lowest BCUT2D eigenvalue weighted by atomic mass is 9.71. The standard InChI is InChI=1S/C18H28N2O2/c1-18(2)12-15(20(3)4)10-11-16(18)19-17(21)22-13-14-8-6-5-7-9-14/h5-9,15-16H,10-13H2,1-4H3,(H,19,21)/t15-,16-/m1/s1. The zero-order valence-electron chi connectivity index (χ0n) is 14.1. The van der Waals surface area contributed by atoms with Crippen molar-refractivity contribution in [1.29, 1.82) is 0 Å². The second kappa shape index (κ2) is 7.14. The van der Waals surface area contributed by atoms with E-state index in [1.165, 1.54) is 0 Å². The molecule has 0 radical (unpaired) electrons. The summed E-state index contributed by atoms with van der Waals surface area (Å²) in [6.45, 7) is 4.77. The Morgan fingerprint density at radius 3 is 2.55 bits per heavy atom. The highest BCUT2D eigenvalue weighted by Crippen LogP contribution is 2.37. The lowest BCUT2D eigenvalue weighted by molar-refractivity contribution is 0.0789. The summed E-state index contributed by atoms with van der Waals surface area (Å²) >= 11 is 0.